The Labute approximate surface area is 187 Å². The van der Waals surface area contributed by atoms with Crippen LogP contribution in [0.15, 0.2) is 23.2 Å². The van der Waals surface area contributed by atoms with Gasteiger partial charge in [0.2, 0.25) is 0 Å². The van der Waals surface area contributed by atoms with Crippen LogP contribution in [0.5, 0.6) is 11.5 Å². The van der Waals surface area contributed by atoms with Gasteiger partial charge in [0, 0.05) is 26.7 Å². The maximum absolute atomic E-state index is 12.0. The van der Waals surface area contributed by atoms with Gasteiger partial charge in [-0.15, -0.1) is 24.0 Å². The second kappa shape index (κ2) is 15.4. The van der Waals surface area contributed by atoms with Gasteiger partial charge in [-0.05, 0) is 43.9 Å². The largest absolute Gasteiger partial charge is 0.493 e. The average molecular weight is 533 g/mol. The van der Waals surface area contributed by atoms with E-state index in [4.69, 9.17) is 9.47 Å². The maximum atomic E-state index is 12.0. The van der Waals surface area contributed by atoms with Crippen LogP contribution < -0.4 is 20.1 Å². The van der Waals surface area contributed by atoms with Crippen molar-refractivity contribution in [2.45, 2.75) is 32.4 Å². The molecule has 0 saturated carbocycles. The molecule has 0 radical (unpaired) electrons. The van der Waals surface area contributed by atoms with Crippen molar-refractivity contribution in [2.75, 3.05) is 47.1 Å². The van der Waals surface area contributed by atoms with Gasteiger partial charge in [0.1, 0.15) is 6.61 Å². The Morgan fingerprint density at radius 3 is 2.38 bits per heavy atom. The van der Waals surface area contributed by atoms with Gasteiger partial charge in [-0.25, -0.2) is 0 Å². The summed E-state index contributed by atoms with van der Waals surface area (Å²) in [7, 11) is 3.26. The first-order chi connectivity index (χ1) is 13.4. The van der Waals surface area contributed by atoms with Crippen LogP contribution in [-0.4, -0.2) is 59.2 Å². The molecule has 0 spiro atoms. The Bertz CT molecular complexity index is 602. The van der Waals surface area contributed by atoms with Crippen LogP contribution in [0.4, 0.5) is 13.2 Å². The highest BCUT2D eigenvalue weighted by Gasteiger charge is 2.27. The van der Waals surface area contributed by atoms with Gasteiger partial charge in [-0.3, -0.25) is 4.99 Å². The van der Waals surface area contributed by atoms with Crippen molar-refractivity contribution in [3.05, 3.63) is 23.8 Å². The number of rotatable bonds is 12. The molecule has 0 bridgehead atoms. The van der Waals surface area contributed by atoms with Crippen LogP contribution in [-0.2, 0) is 11.2 Å². The summed E-state index contributed by atoms with van der Waals surface area (Å²) in [5.74, 6) is 2.06. The summed E-state index contributed by atoms with van der Waals surface area (Å²) in [6.45, 7) is 2.52. The molecule has 6 nitrogen and oxygen atoms in total. The van der Waals surface area contributed by atoms with Crippen molar-refractivity contribution in [3.8, 4) is 11.5 Å². The first-order valence-corrected chi connectivity index (χ1v) is 9.28. The normalized spacial score (nSPS) is 11.6. The molecule has 0 unspecified atom stereocenters. The van der Waals surface area contributed by atoms with Crippen LogP contribution in [0, 0.1) is 0 Å². The third-order valence-corrected chi connectivity index (χ3v) is 3.71. The average Bonchev–Trinajstić information content (AvgIpc) is 2.65. The molecular weight excluding hydrogens is 502 g/mol. The van der Waals surface area contributed by atoms with E-state index in [1.807, 2.05) is 25.1 Å². The van der Waals surface area contributed by atoms with E-state index in [0.29, 0.717) is 37.8 Å². The Kier molecular flexibility index (Phi) is 14.7. The Morgan fingerprint density at radius 2 is 1.79 bits per heavy atom. The third kappa shape index (κ3) is 12.7. The number of benzene rings is 1. The highest BCUT2D eigenvalue weighted by molar-refractivity contribution is 14.0. The Hall–Kier alpha value is -1.43. The molecule has 168 valence electrons. The molecular formula is C19H31F3IN3O3. The number of hydrogen-bond acceptors (Lipinski definition) is 4. The van der Waals surface area contributed by atoms with Gasteiger partial charge in [0.15, 0.2) is 17.5 Å². The zero-order valence-corrected chi connectivity index (χ0v) is 19.4. The second-order valence-corrected chi connectivity index (χ2v) is 5.97. The van der Waals surface area contributed by atoms with Crippen LogP contribution >= 0.6 is 24.0 Å². The minimum Gasteiger partial charge on any atom is -0.493 e. The number of guanidine groups is 1. The van der Waals surface area contributed by atoms with E-state index in [9.17, 15) is 13.2 Å². The Balaban J connectivity index is 0.00000784. The molecule has 1 rings (SSSR count). The molecule has 2 N–H and O–H groups in total. The molecule has 0 aromatic heterocycles. The lowest BCUT2D eigenvalue weighted by Crippen LogP contribution is -2.38. The summed E-state index contributed by atoms with van der Waals surface area (Å²) in [5, 5.41) is 6.23. The number of ether oxygens (including phenoxy) is 3. The highest BCUT2D eigenvalue weighted by atomic mass is 127. The topological polar surface area (TPSA) is 64.1 Å². The summed E-state index contributed by atoms with van der Waals surface area (Å²) < 4.78 is 51.3. The summed E-state index contributed by atoms with van der Waals surface area (Å²) in [6, 6.07) is 5.89. The van der Waals surface area contributed by atoms with Crippen LogP contribution in [0.3, 0.4) is 0 Å². The maximum Gasteiger partial charge on any atom is 0.411 e. The number of nitrogens with zero attached hydrogens (tertiary/aromatic N) is 1. The number of hydrogen-bond donors (Lipinski definition) is 2. The van der Waals surface area contributed by atoms with Gasteiger partial charge < -0.3 is 24.8 Å². The van der Waals surface area contributed by atoms with Crippen molar-refractivity contribution < 1.29 is 27.4 Å². The van der Waals surface area contributed by atoms with Crippen LogP contribution in [0.1, 0.15) is 25.3 Å². The standard InChI is InChI=1S/C19H30F3N3O3.HI/c1-4-28-17-13-15(8-9-16(17)26-3)7-5-10-24-18(23-2)25-11-6-12-27-14-19(20,21)22;/h8-9,13H,4-7,10-12,14H2,1-3H3,(H2,23,24,25);1H. The molecule has 0 saturated heterocycles. The molecule has 0 aliphatic rings. The zero-order chi connectivity index (χ0) is 20.8. The highest BCUT2D eigenvalue weighted by Crippen LogP contribution is 2.28. The van der Waals surface area contributed by atoms with Gasteiger partial charge in [-0.1, -0.05) is 6.07 Å². The van der Waals surface area contributed by atoms with Crippen LogP contribution in [0.2, 0.25) is 0 Å². The monoisotopic (exact) mass is 533 g/mol. The van der Waals surface area contributed by atoms with E-state index in [1.165, 1.54) is 0 Å². The number of halogens is 4. The molecule has 10 heteroatoms. The first-order valence-electron chi connectivity index (χ1n) is 9.28. The number of nitrogens with one attached hydrogen (secondary N) is 2. The van der Waals surface area contributed by atoms with E-state index < -0.39 is 12.8 Å². The Morgan fingerprint density at radius 1 is 1.10 bits per heavy atom. The fourth-order valence-corrected chi connectivity index (χ4v) is 2.43. The number of alkyl halides is 3. The van der Waals surface area contributed by atoms with Gasteiger partial charge in [0.05, 0.1) is 13.7 Å². The van der Waals surface area contributed by atoms with E-state index in [0.717, 1.165) is 24.2 Å². The number of aliphatic imine (C=N–C) groups is 1. The quantitative estimate of drug-likeness (QED) is 0.186. The van der Waals surface area contributed by atoms with E-state index in [2.05, 4.69) is 20.4 Å². The molecule has 1 aromatic rings. The fraction of sp³-hybridized carbons (Fsp3) is 0.632. The molecule has 1 aromatic carbocycles. The molecule has 0 aliphatic carbocycles. The predicted molar refractivity (Wildman–Crippen MR) is 119 cm³/mol. The first kappa shape index (κ1) is 27.6. The van der Waals surface area contributed by atoms with E-state index >= 15 is 0 Å². The molecule has 29 heavy (non-hydrogen) atoms. The van der Waals surface area contributed by atoms with Crippen molar-refractivity contribution in [2.24, 2.45) is 4.99 Å². The predicted octanol–water partition coefficient (Wildman–Crippen LogP) is 3.78. The van der Waals surface area contributed by atoms with Crippen molar-refractivity contribution in [1.29, 1.82) is 0 Å². The summed E-state index contributed by atoms with van der Waals surface area (Å²) in [5.41, 5.74) is 1.15. The SMILES string of the molecule is CCOc1cc(CCCNC(=NC)NCCCOCC(F)(F)F)ccc1OC.I. The van der Waals surface area contributed by atoms with Gasteiger partial charge in [-0.2, -0.15) is 13.2 Å². The lowest BCUT2D eigenvalue weighted by atomic mass is 10.1. The lowest BCUT2D eigenvalue weighted by molar-refractivity contribution is -0.173. The smallest absolute Gasteiger partial charge is 0.411 e. The molecule has 0 aliphatic heterocycles. The number of methoxy groups -OCH3 is 1. The zero-order valence-electron chi connectivity index (χ0n) is 17.1. The molecule has 0 fully saturated rings. The minimum absolute atomic E-state index is 0. The van der Waals surface area contributed by atoms with Crippen molar-refractivity contribution in [3.63, 3.8) is 0 Å². The summed E-state index contributed by atoms with van der Waals surface area (Å²) in [4.78, 5) is 4.09. The third-order valence-electron chi connectivity index (χ3n) is 3.71. The van der Waals surface area contributed by atoms with Crippen LogP contribution in [0.25, 0.3) is 0 Å². The lowest BCUT2D eigenvalue weighted by Gasteiger charge is -2.13. The van der Waals surface area contributed by atoms with Crippen molar-refractivity contribution in [1.82, 2.24) is 10.6 Å². The van der Waals surface area contributed by atoms with Gasteiger partial charge in [0.25, 0.3) is 0 Å². The fourth-order valence-electron chi connectivity index (χ4n) is 2.43. The number of aryl methyl sites for hydroxylation is 1. The van der Waals surface area contributed by atoms with E-state index in [1.54, 1.807) is 14.2 Å². The molecule has 0 amide bonds. The van der Waals surface area contributed by atoms with Crippen molar-refractivity contribution >= 4 is 29.9 Å². The second-order valence-electron chi connectivity index (χ2n) is 5.97. The van der Waals surface area contributed by atoms with E-state index in [-0.39, 0.29) is 30.6 Å². The molecule has 0 atom stereocenters. The molecule has 0 heterocycles. The van der Waals surface area contributed by atoms with Gasteiger partial charge >= 0.3 is 6.18 Å². The minimum atomic E-state index is -4.28. The summed E-state index contributed by atoms with van der Waals surface area (Å²) in [6.07, 6.45) is -2.08. The summed E-state index contributed by atoms with van der Waals surface area (Å²) >= 11 is 0.